The normalized spacial score (nSPS) is 25.4. The minimum atomic E-state index is -1.14. The Kier molecular flexibility index (Phi) is 5.77. The van der Waals surface area contributed by atoms with E-state index in [1.807, 2.05) is 0 Å². The van der Waals surface area contributed by atoms with Gasteiger partial charge >= 0.3 is 6.09 Å². The van der Waals surface area contributed by atoms with Crippen molar-refractivity contribution < 1.29 is 33.8 Å². The van der Waals surface area contributed by atoms with Crippen LogP contribution in [0.2, 0.25) is 0 Å². The minimum absolute atomic E-state index is 0.124. The van der Waals surface area contributed by atoms with Gasteiger partial charge in [0.1, 0.15) is 18.8 Å². The molecule has 36 heavy (non-hydrogen) atoms. The quantitative estimate of drug-likeness (QED) is 0.295. The predicted molar refractivity (Wildman–Crippen MR) is 126 cm³/mol. The van der Waals surface area contributed by atoms with E-state index in [2.05, 4.69) is 23.7 Å². The van der Waals surface area contributed by atoms with Gasteiger partial charge in [-0.05, 0) is 24.3 Å². The van der Waals surface area contributed by atoms with Crippen molar-refractivity contribution >= 4 is 17.5 Å². The number of aliphatic hydroxyl groups excluding tert-OH is 1. The monoisotopic (exact) mass is 488 g/mol. The number of rotatable bonds is 5. The van der Waals surface area contributed by atoms with Crippen LogP contribution in [0.15, 0.2) is 48.6 Å². The number of amides is 1. The maximum atomic E-state index is 13.4. The molecular formula is C26H20N2O8. The molecule has 4 atom stereocenters. The highest BCUT2D eigenvalue weighted by Gasteiger charge is 2.70. The average Bonchev–Trinajstić information content (AvgIpc) is 3.65. The molecule has 1 N–H and O–H groups in total. The molecule has 1 aliphatic carbocycles. The van der Waals surface area contributed by atoms with Crippen LogP contribution in [0.25, 0.3) is 0 Å². The second-order valence-corrected chi connectivity index (χ2v) is 8.12. The number of epoxide rings is 1. The number of nitrogens with zero attached hydrogens (tertiary/aromatic N) is 2. The molecule has 2 aliphatic heterocycles. The summed E-state index contributed by atoms with van der Waals surface area (Å²) in [5, 5.41) is 22.5. The number of nitro groups is 1. The van der Waals surface area contributed by atoms with Gasteiger partial charge < -0.3 is 24.1 Å². The Labute approximate surface area is 206 Å². The van der Waals surface area contributed by atoms with E-state index in [1.165, 1.54) is 43.4 Å². The first-order valence-electron chi connectivity index (χ1n) is 10.9. The van der Waals surface area contributed by atoms with Gasteiger partial charge in [-0.25, -0.2) is 4.79 Å². The van der Waals surface area contributed by atoms with Crippen molar-refractivity contribution in [2.24, 2.45) is 0 Å². The number of carbonyl (C=O) groups excluding carboxylic acids is 1. The fourth-order valence-electron chi connectivity index (χ4n) is 4.57. The molecule has 2 heterocycles. The Bertz CT molecular complexity index is 1410. The molecule has 3 aliphatic rings. The van der Waals surface area contributed by atoms with Crippen LogP contribution in [0.1, 0.15) is 11.1 Å². The summed E-state index contributed by atoms with van der Waals surface area (Å²) >= 11 is 0. The highest BCUT2D eigenvalue weighted by atomic mass is 16.6. The van der Waals surface area contributed by atoms with Gasteiger partial charge in [0, 0.05) is 5.56 Å². The number of ether oxygens (including phenoxy) is 4. The molecular weight excluding hydrogens is 468 g/mol. The minimum Gasteiger partial charge on any atom is -0.493 e. The van der Waals surface area contributed by atoms with Crippen molar-refractivity contribution in [3.05, 3.63) is 69.8 Å². The predicted octanol–water partition coefficient (Wildman–Crippen LogP) is 2.67. The fourth-order valence-corrected chi connectivity index (χ4v) is 4.57. The molecule has 2 aromatic carbocycles. The van der Waals surface area contributed by atoms with Crippen molar-refractivity contribution in [1.29, 1.82) is 0 Å². The van der Waals surface area contributed by atoms with Gasteiger partial charge in [-0.15, -0.1) is 0 Å². The molecule has 10 heteroatoms. The number of fused-ring (bicyclic) bond motifs is 1. The molecule has 182 valence electrons. The molecule has 2 bridgehead atoms. The summed E-state index contributed by atoms with van der Waals surface area (Å²) in [5.41, 5.74) is -0.253. The van der Waals surface area contributed by atoms with E-state index in [0.29, 0.717) is 11.3 Å². The largest absolute Gasteiger partial charge is 0.493 e. The topological polar surface area (TPSA) is 124 Å². The highest BCUT2D eigenvalue weighted by Crippen LogP contribution is 2.58. The number of aliphatic hydroxyl groups is 1. The van der Waals surface area contributed by atoms with Crippen molar-refractivity contribution in [2.75, 3.05) is 19.1 Å². The summed E-state index contributed by atoms with van der Waals surface area (Å²) in [6.45, 7) is -0.404. The fraction of sp³-hybridized carbons (Fsp3) is 0.269. The second kappa shape index (κ2) is 8.93. The van der Waals surface area contributed by atoms with Crippen LogP contribution in [0.4, 0.5) is 16.2 Å². The third-order valence-electron chi connectivity index (χ3n) is 6.27. The van der Waals surface area contributed by atoms with Gasteiger partial charge in [-0.3, -0.25) is 15.0 Å². The summed E-state index contributed by atoms with van der Waals surface area (Å²) < 4.78 is 21.9. The number of carbonyl (C=O) groups is 1. The van der Waals surface area contributed by atoms with E-state index in [-0.39, 0.29) is 22.7 Å². The second-order valence-electron chi connectivity index (χ2n) is 8.12. The number of methoxy groups -OCH3 is 2. The smallest absolute Gasteiger partial charge is 0.415 e. The highest BCUT2D eigenvalue weighted by molar-refractivity contribution is 5.92. The molecule has 2 aromatic rings. The van der Waals surface area contributed by atoms with Gasteiger partial charge in [0.05, 0.1) is 36.5 Å². The van der Waals surface area contributed by atoms with Crippen molar-refractivity contribution in [2.45, 2.75) is 30.5 Å². The SMILES string of the molecule is COc1cc(COC(=O)N2c3ccccc3[C@@]34O[C@H]3[C@@H]2C#C/C=C\C#C[C@@H]4O)c([N+](=O)[O-])cc1OC. The average molecular weight is 488 g/mol. The number of hydrogen-bond donors (Lipinski definition) is 1. The first-order chi connectivity index (χ1) is 17.4. The van der Waals surface area contributed by atoms with Crippen LogP contribution in [0.5, 0.6) is 11.5 Å². The maximum Gasteiger partial charge on any atom is 0.415 e. The van der Waals surface area contributed by atoms with Crippen LogP contribution in [-0.2, 0) is 21.7 Å². The molecule has 0 radical (unpaired) electrons. The van der Waals surface area contributed by atoms with E-state index in [4.69, 9.17) is 18.9 Å². The molecule has 0 aromatic heterocycles. The Balaban J connectivity index is 1.50. The van der Waals surface area contributed by atoms with Crippen LogP contribution >= 0.6 is 0 Å². The van der Waals surface area contributed by atoms with Gasteiger partial charge in [0.25, 0.3) is 5.69 Å². The van der Waals surface area contributed by atoms with E-state index >= 15 is 0 Å². The standard InChI is InChI=1S/C26H20N2O8/c1-33-21-13-16(20(28(31)32)14-22(21)34-2)15-35-25(30)27-18-10-8-7-9-17(18)26-23(29)12-6-4-3-5-11-19(27)24(26)36-26/h3-4,7-10,13-14,19,23-24,29H,15H2,1-2H3/b4-3-/t19-,23-,24-,26-/m0/s1. The summed E-state index contributed by atoms with van der Waals surface area (Å²) in [7, 11) is 2.77. The number of anilines is 1. The Hall–Kier alpha value is -4.51. The molecule has 10 nitrogen and oxygen atoms in total. The van der Waals surface area contributed by atoms with Crippen LogP contribution in [0.3, 0.4) is 0 Å². The Morgan fingerprint density at radius 1 is 1.17 bits per heavy atom. The van der Waals surface area contributed by atoms with Crippen LogP contribution < -0.4 is 14.4 Å². The lowest BCUT2D eigenvalue weighted by atomic mass is 9.82. The van der Waals surface area contributed by atoms with Gasteiger partial charge in [0.15, 0.2) is 23.2 Å². The van der Waals surface area contributed by atoms with Gasteiger partial charge in [-0.2, -0.15) is 0 Å². The first-order valence-corrected chi connectivity index (χ1v) is 10.9. The lowest BCUT2D eigenvalue weighted by Gasteiger charge is -2.35. The van der Waals surface area contributed by atoms with E-state index < -0.39 is 41.5 Å². The lowest BCUT2D eigenvalue weighted by Crippen LogP contribution is -2.50. The Morgan fingerprint density at radius 2 is 1.86 bits per heavy atom. The molecule has 1 fully saturated rings. The molecule has 0 saturated carbocycles. The number of benzene rings is 2. The zero-order valence-corrected chi connectivity index (χ0v) is 19.3. The Morgan fingerprint density at radius 3 is 2.58 bits per heavy atom. The molecule has 0 unspecified atom stereocenters. The van der Waals surface area contributed by atoms with Crippen molar-refractivity contribution in [3.8, 4) is 35.2 Å². The zero-order chi connectivity index (χ0) is 25.4. The molecule has 0 spiro atoms. The van der Waals surface area contributed by atoms with Gasteiger partial charge in [-0.1, -0.05) is 41.9 Å². The number of nitro benzene ring substituents is 1. The zero-order valence-electron chi connectivity index (χ0n) is 19.3. The molecule has 1 amide bonds. The summed E-state index contributed by atoms with van der Waals surface area (Å²) in [6, 6.07) is 8.79. The molecule has 1 saturated heterocycles. The van der Waals surface area contributed by atoms with E-state index in [1.54, 1.807) is 24.3 Å². The van der Waals surface area contributed by atoms with Crippen LogP contribution in [0, 0.1) is 33.8 Å². The van der Waals surface area contributed by atoms with E-state index in [9.17, 15) is 20.0 Å². The van der Waals surface area contributed by atoms with Gasteiger partial charge in [0.2, 0.25) is 0 Å². The first kappa shape index (κ1) is 23.2. The van der Waals surface area contributed by atoms with Crippen LogP contribution in [-0.4, -0.2) is 48.6 Å². The van der Waals surface area contributed by atoms with Crippen molar-refractivity contribution in [1.82, 2.24) is 0 Å². The maximum absolute atomic E-state index is 13.4. The number of para-hydroxylation sites is 1. The summed E-state index contributed by atoms with van der Waals surface area (Å²) in [6.07, 6.45) is 0.473. The third-order valence-corrected chi connectivity index (χ3v) is 6.27. The summed E-state index contributed by atoms with van der Waals surface area (Å²) in [5.74, 6) is 11.8. The molecule has 5 rings (SSSR count). The number of allylic oxidation sites excluding steroid dienone is 2. The lowest BCUT2D eigenvalue weighted by molar-refractivity contribution is -0.385. The number of hydrogen-bond acceptors (Lipinski definition) is 8. The van der Waals surface area contributed by atoms with E-state index in [0.717, 1.165) is 0 Å². The van der Waals surface area contributed by atoms with Crippen molar-refractivity contribution in [3.63, 3.8) is 0 Å². The summed E-state index contributed by atoms with van der Waals surface area (Å²) in [4.78, 5) is 25.8. The third kappa shape index (κ3) is 3.60.